The van der Waals surface area contributed by atoms with Crippen LogP contribution in [0.1, 0.15) is 11.7 Å². The van der Waals surface area contributed by atoms with Crippen molar-refractivity contribution in [3.8, 4) is 0 Å². The van der Waals surface area contributed by atoms with Gasteiger partial charge in [-0.05, 0) is 5.56 Å². The van der Waals surface area contributed by atoms with Crippen molar-refractivity contribution < 1.29 is 5.11 Å². The van der Waals surface area contributed by atoms with Crippen LogP contribution in [0.25, 0.3) is 0 Å². The van der Waals surface area contributed by atoms with Gasteiger partial charge in [-0.25, -0.2) is 4.79 Å². The third-order valence-electron chi connectivity index (χ3n) is 2.57. The van der Waals surface area contributed by atoms with Gasteiger partial charge in [0.2, 0.25) is 0 Å². The normalized spacial score (nSPS) is 12.6. The summed E-state index contributed by atoms with van der Waals surface area (Å²) in [5, 5.41) is 9.94. The number of hydrogen-bond donors (Lipinski definition) is 1. The van der Waals surface area contributed by atoms with Gasteiger partial charge in [0.15, 0.2) is 0 Å². The van der Waals surface area contributed by atoms with Gasteiger partial charge in [0.1, 0.15) is 0 Å². The smallest absolute Gasteiger partial charge is 0.327 e. The maximum absolute atomic E-state index is 11.6. The summed E-state index contributed by atoms with van der Waals surface area (Å²) in [6.45, 7) is 0.281. The summed E-state index contributed by atoms with van der Waals surface area (Å²) in [7, 11) is 1.69. The number of imidazole rings is 1. The van der Waals surface area contributed by atoms with E-state index in [1.807, 2.05) is 30.3 Å². The molecule has 2 rings (SSSR count). The average Bonchev–Trinajstić information content (AvgIpc) is 2.62. The van der Waals surface area contributed by atoms with Crippen LogP contribution in [0, 0.1) is 0 Å². The Labute approximate surface area is 93.4 Å². The molecule has 84 valence electrons. The predicted molar refractivity (Wildman–Crippen MR) is 61.1 cm³/mol. The monoisotopic (exact) mass is 218 g/mol. The molecule has 1 aromatic carbocycles. The summed E-state index contributed by atoms with van der Waals surface area (Å²) >= 11 is 0. The highest BCUT2D eigenvalue weighted by molar-refractivity contribution is 5.17. The molecule has 0 amide bonds. The Kier molecular flexibility index (Phi) is 2.92. The Morgan fingerprint density at radius 2 is 1.94 bits per heavy atom. The molecule has 1 unspecified atom stereocenters. The lowest BCUT2D eigenvalue weighted by molar-refractivity contribution is 0.155. The Morgan fingerprint density at radius 1 is 1.25 bits per heavy atom. The van der Waals surface area contributed by atoms with Gasteiger partial charge >= 0.3 is 5.69 Å². The van der Waals surface area contributed by atoms with Crippen molar-refractivity contribution in [1.29, 1.82) is 0 Å². The number of aliphatic hydroxyl groups excluding tert-OH is 1. The summed E-state index contributed by atoms with van der Waals surface area (Å²) in [5.41, 5.74) is 0.702. The predicted octanol–water partition coefficient (Wildman–Crippen LogP) is 0.920. The molecule has 0 aliphatic rings. The van der Waals surface area contributed by atoms with Crippen molar-refractivity contribution in [2.45, 2.75) is 12.6 Å². The summed E-state index contributed by atoms with van der Waals surface area (Å²) in [4.78, 5) is 11.6. The SMILES string of the molecule is Cn1ccn(CC(O)c2ccccc2)c1=O. The van der Waals surface area contributed by atoms with E-state index in [-0.39, 0.29) is 12.2 Å². The molecule has 1 aromatic heterocycles. The van der Waals surface area contributed by atoms with Crippen molar-refractivity contribution in [3.63, 3.8) is 0 Å². The van der Waals surface area contributed by atoms with Crippen LogP contribution in [-0.2, 0) is 13.6 Å². The maximum atomic E-state index is 11.6. The fourth-order valence-corrected chi connectivity index (χ4v) is 1.62. The zero-order valence-electron chi connectivity index (χ0n) is 9.08. The second-order valence-electron chi connectivity index (χ2n) is 3.77. The van der Waals surface area contributed by atoms with E-state index >= 15 is 0 Å². The highest BCUT2D eigenvalue weighted by Crippen LogP contribution is 2.13. The molecule has 0 aliphatic carbocycles. The third-order valence-corrected chi connectivity index (χ3v) is 2.57. The van der Waals surface area contributed by atoms with Crippen LogP contribution in [-0.4, -0.2) is 14.2 Å². The fraction of sp³-hybridized carbons (Fsp3) is 0.250. The van der Waals surface area contributed by atoms with Crippen molar-refractivity contribution in [1.82, 2.24) is 9.13 Å². The van der Waals surface area contributed by atoms with E-state index < -0.39 is 6.10 Å². The number of rotatable bonds is 3. The van der Waals surface area contributed by atoms with E-state index in [0.29, 0.717) is 0 Å². The van der Waals surface area contributed by atoms with Gasteiger partial charge < -0.3 is 9.67 Å². The average molecular weight is 218 g/mol. The lowest BCUT2D eigenvalue weighted by Crippen LogP contribution is -2.24. The van der Waals surface area contributed by atoms with Gasteiger partial charge in [0, 0.05) is 19.4 Å². The molecule has 2 aromatic rings. The highest BCUT2D eigenvalue weighted by atomic mass is 16.3. The fourth-order valence-electron chi connectivity index (χ4n) is 1.62. The molecule has 0 aliphatic heterocycles. The Hall–Kier alpha value is -1.81. The molecule has 16 heavy (non-hydrogen) atoms. The lowest BCUT2D eigenvalue weighted by Gasteiger charge is -2.10. The van der Waals surface area contributed by atoms with Crippen LogP contribution in [0.2, 0.25) is 0 Å². The van der Waals surface area contributed by atoms with Gasteiger partial charge in [0.05, 0.1) is 12.6 Å². The van der Waals surface area contributed by atoms with Crippen LogP contribution in [0.15, 0.2) is 47.5 Å². The number of aliphatic hydroxyl groups is 1. The molecule has 0 bridgehead atoms. The van der Waals surface area contributed by atoms with Crippen LogP contribution < -0.4 is 5.69 Å². The lowest BCUT2D eigenvalue weighted by atomic mass is 10.1. The zero-order chi connectivity index (χ0) is 11.5. The van der Waals surface area contributed by atoms with Crippen molar-refractivity contribution in [3.05, 3.63) is 58.8 Å². The molecule has 1 heterocycles. The Bertz CT molecular complexity index is 513. The molecule has 1 N–H and O–H groups in total. The standard InChI is InChI=1S/C12H14N2O2/c1-13-7-8-14(12(13)16)9-11(15)10-5-3-2-4-6-10/h2-8,11,15H,9H2,1H3. The van der Waals surface area contributed by atoms with E-state index in [2.05, 4.69) is 0 Å². The second kappa shape index (κ2) is 4.37. The summed E-state index contributed by atoms with van der Waals surface area (Å²) in [6.07, 6.45) is 2.70. The van der Waals surface area contributed by atoms with Gasteiger partial charge in [-0.3, -0.25) is 4.57 Å². The first-order valence-electron chi connectivity index (χ1n) is 5.13. The van der Waals surface area contributed by atoms with E-state index in [0.717, 1.165) is 5.56 Å². The van der Waals surface area contributed by atoms with Gasteiger partial charge in [-0.1, -0.05) is 30.3 Å². The van der Waals surface area contributed by atoms with Crippen LogP contribution in [0.3, 0.4) is 0 Å². The van der Waals surface area contributed by atoms with Gasteiger partial charge in [0.25, 0.3) is 0 Å². The van der Waals surface area contributed by atoms with Crippen molar-refractivity contribution in [2.24, 2.45) is 7.05 Å². The molecule has 0 saturated carbocycles. The summed E-state index contributed by atoms with van der Waals surface area (Å²) < 4.78 is 2.98. The van der Waals surface area contributed by atoms with E-state index in [1.54, 1.807) is 19.4 Å². The van der Waals surface area contributed by atoms with Crippen molar-refractivity contribution >= 4 is 0 Å². The minimum absolute atomic E-state index is 0.116. The summed E-state index contributed by atoms with van der Waals surface area (Å²) in [5.74, 6) is 0. The van der Waals surface area contributed by atoms with E-state index in [9.17, 15) is 9.90 Å². The van der Waals surface area contributed by atoms with Gasteiger partial charge in [-0.2, -0.15) is 0 Å². The number of aromatic nitrogens is 2. The first-order chi connectivity index (χ1) is 7.68. The minimum Gasteiger partial charge on any atom is -0.387 e. The van der Waals surface area contributed by atoms with E-state index in [1.165, 1.54) is 9.13 Å². The molecule has 0 radical (unpaired) electrons. The first kappa shape index (κ1) is 10.7. The number of aryl methyl sites for hydroxylation is 1. The Morgan fingerprint density at radius 3 is 2.50 bits per heavy atom. The molecule has 0 spiro atoms. The molecule has 0 fully saturated rings. The highest BCUT2D eigenvalue weighted by Gasteiger charge is 2.09. The first-order valence-corrected chi connectivity index (χ1v) is 5.13. The summed E-state index contributed by atoms with van der Waals surface area (Å²) in [6, 6.07) is 9.32. The van der Waals surface area contributed by atoms with E-state index in [4.69, 9.17) is 0 Å². The molecular weight excluding hydrogens is 204 g/mol. The van der Waals surface area contributed by atoms with Crippen LogP contribution >= 0.6 is 0 Å². The zero-order valence-corrected chi connectivity index (χ0v) is 9.08. The molecule has 0 saturated heterocycles. The number of nitrogens with zero attached hydrogens (tertiary/aromatic N) is 2. The second-order valence-corrected chi connectivity index (χ2v) is 3.77. The van der Waals surface area contributed by atoms with Crippen LogP contribution in [0.5, 0.6) is 0 Å². The minimum atomic E-state index is -0.652. The number of benzene rings is 1. The quantitative estimate of drug-likeness (QED) is 0.832. The molecule has 4 nitrogen and oxygen atoms in total. The Balaban J connectivity index is 2.17. The molecule has 4 heteroatoms. The number of hydrogen-bond acceptors (Lipinski definition) is 2. The van der Waals surface area contributed by atoms with Crippen molar-refractivity contribution in [2.75, 3.05) is 0 Å². The van der Waals surface area contributed by atoms with Crippen LogP contribution in [0.4, 0.5) is 0 Å². The largest absolute Gasteiger partial charge is 0.387 e. The molecular formula is C12H14N2O2. The third kappa shape index (κ3) is 2.06. The van der Waals surface area contributed by atoms with Gasteiger partial charge in [-0.15, -0.1) is 0 Å². The topological polar surface area (TPSA) is 47.2 Å². The maximum Gasteiger partial charge on any atom is 0.327 e. The molecule has 1 atom stereocenters.